The fraction of sp³-hybridized carbons (Fsp3) is 0.357. The summed E-state index contributed by atoms with van der Waals surface area (Å²) in [4.78, 5) is 10.8. The number of aliphatic carboxylic acids is 1. The zero-order valence-corrected chi connectivity index (χ0v) is 13.0. The van der Waals surface area contributed by atoms with Crippen LogP contribution in [0, 0.1) is 6.92 Å². The Morgan fingerprint density at radius 2 is 2.24 bits per heavy atom. The van der Waals surface area contributed by atoms with Crippen LogP contribution >= 0.6 is 23.4 Å². The number of hydrogen-bond donors (Lipinski definition) is 1. The number of benzene rings is 1. The topological polar surface area (TPSA) is 68.0 Å². The van der Waals surface area contributed by atoms with Gasteiger partial charge in [0.05, 0.1) is 16.5 Å². The van der Waals surface area contributed by atoms with Gasteiger partial charge in [-0.25, -0.2) is 0 Å². The Morgan fingerprint density at radius 1 is 1.48 bits per heavy atom. The van der Waals surface area contributed by atoms with Gasteiger partial charge >= 0.3 is 5.97 Å². The summed E-state index contributed by atoms with van der Waals surface area (Å²) < 4.78 is 1.90. The maximum Gasteiger partial charge on any atom is 0.313 e. The van der Waals surface area contributed by atoms with Crippen molar-refractivity contribution in [3.8, 4) is 5.69 Å². The van der Waals surface area contributed by atoms with Crippen LogP contribution in [0.15, 0.2) is 23.4 Å². The van der Waals surface area contributed by atoms with Gasteiger partial charge in [0.15, 0.2) is 5.16 Å². The molecule has 0 unspecified atom stereocenters. The number of carbonyl (C=O) groups is 1. The normalized spacial score (nSPS) is 14.4. The van der Waals surface area contributed by atoms with Crippen LogP contribution in [0.3, 0.4) is 0 Å². The smallest absolute Gasteiger partial charge is 0.313 e. The number of rotatable bonds is 5. The largest absolute Gasteiger partial charge is 0.481 e. The molecular formula is C14H14ClN3O2S. The van der Waals surface area contributed by atoms with E-state index in [-0.39, 0.29) is 5.75 Å². The summed E-state index contributed by atoms with van der Waals surface area (Å²) >= 11 is 7.51. The predicted molar refractivity (Wildman–Crippen MR) is 81.4 cm³/mol. The van der Waals surface area contributed by atoms with Crippen LogP contribution in [0.1, 0.15) is 30.1 Å². The van der Waals surface area contributed by atoms with Gasteiger partial charge in [-0.2, -0.15) is 0 Å². The highest BCUT2D eigenvalue weighted by atomic mass is 35.5. The lowest BCUT2D eigenvalue weighted by Gasteiger charge is -2.11. The fourth-order valence-electron chi connectivity index (χ4n) is 2.13. The van der Waals surface area contributed by atoms with Crippen LogP contribution in [-0.4, -0.2) is 31.6 Å². The summed E-state index contributed by atoms with van der Waals surface area (Å²) in [6, 6.07) is 5.79. The molecule has 110 valence electrons. The van der Waals surface area contributed by atoms with Crippen LogP contribution < -0.4 is 0 Å². The minimum atomic E-state index is -0.877. The minimum Gasteiger partial charge on any atom is -0.481 e. The molecule has 0 atom stereocenters. The highest BCUT2D eigenvalue weighted by Crippen LogP contribution is 2.42. The molecule has 1 aliphatic rings. The summed E-state index contributed by atoms with van der Waals surface area (Å²) in [6.07, 6.45) is 2.18. The molecule has 3 rings (SSSR count). The second kappa shape index (κ2) is 5.69. The van der Waals surface area contributed by atoms with Crippen molar-refractivity contribution >= 4 is 29.3 Å². The van der Waals surface area contributed by atoms with E-state index in [1.54, 1.807) is 0 Å². The number of halogens is 1. The fourth-order valence-corrected chi connectivity index (χ4v) is 3.12. The Labute approximate surface area is 131 Å². The van der Waals surface area contributed by atoms with Gasteiger partial charge in [-0.1, -0.05) is 29.4 Å². The molecule has 1 aromatic carbocycles. The quantitative estimate of drug-likeness (QED) is 0.855. The van der Waals surface area contributed by atoms with Gasteiger partial charge in [0, 0.05) is 5.92 Å². The molecule has 21 heavy (non-hydrogen) atoms. The molecular weight excluding hydrogens is 310 g/mol. The van der Waals surface area contributed by atoms with Gasteiger partial charge in [-0.3, -0.25) is 9.36 Å². The second-order valence-corrected chi connectivity index (χ2v) is 6.44. The molecule has 0 spiro atoms. The Balaban J connectivity index is 2.05. The van der Waals surface area contributed by atoms with Crippen molar-refractivity contribution in [1.82, 2.24) is 14.8 Å². The third-order valence-corrected chi connectivity index (χ3v) is 4.49. The molecule has 1 fully saturated rings. The Kier molecular flexibility index (Phi) is 3.91. The van der Waals surface area contributed by atoms with E-state index in [0.29, 0.717) is 16.1 Å². The van der Waals surface area contributed by atoms with Crippen molar-refractivity contribution in [3.63, 3.8) is 0 Å². The molecule has 7 heteroatoms. The van der Waals surface area contributed by atoms with Crippen LogP contribution in [0.2, 0.25) is 5.02 Å². The zero-order chi connectivity index (χ0) is 15.0. The van der Waals surface area contributed by atoms with Crippen molar-refractivity contribution in [1.29, 1.82) is 0 Å². The number of carboxylic acids is 1. The molecule has 0 aliphatic heterocycles. The Hall–Kier alpha value is -1.53. The van der Waals surface area contributed by atoms with E-state index >= 15 is 0 Å². The molecule has 1 N–H and O–H groups in total. The lowest BCUT2D eigenvalue weighted by molar-refractivity contribution is -0.133. The van der Waals surface area contributed by atoms with Crippen molar-refractivity contribution in [2.75, 3.05) is 5.75 Å². The predicted octanol–water partition coefficient (Wildman–Crippen LogP) is 3.28. The number of aryl methyl sites for hydroxylation is 1. The highest BCUT2D eigenvalue weighted by molar-refractivity contribution is 7.99. The van der Waals surface area contributed by atoms with Crippen LogP contribution in [0.25, 0.3) is 5.69 Å². The molecule has 2 aromatic rings. The number of thioether (sulfide) groups is 1. The molecule has 1 heterocycles. The maximum atomic E-state index is 10.8. The Morgan fingerprint density at radius 3 is 2.86 bits per heavy atom. The van der Waals surface area contributed by atoms with E-state index in [1.165, 1.54) is 0 Å². The third kappa shape index (κ3) is 3.06. The number of hydrogen-bond acceptors (Lipinski definition) is 4. The molecule has 0 radical (unpaired) electrons. The van der Waals surface area contributed by atoms with Crippen molar-refractivity contribution in [3.05, 3.63) is 34.6 Å². The van der Waals surface area contributed by atoms with E-state index in [0.717, 1.165) is 41.7 Å². The highest BCUT2D eigenvalue weighted by Gasteiger charge is 2.31. The first kappa shape index (κ1) is 14.4. The number of nitrogens with zero attached hydrogens (tertiary/aromatic N) is 3. The number of aromatic nitrogens is 3. The average molecular weight is 324 g/mol. The van der Waals surface area contributed by atoms with Crippen LogP contribution in [0.4, 0.5) is 0 Å². The summed E-state index contributed by atoms with van der Waals surface area (Å²) in [5, 5.41) is 18.4. The first-order valence-corrected chi connectivity index (χ1v) is 7.99. The van der Waals surface area contributed by atoms with Crippen molar-refractivity contribution in [2.45, 2.75) is 30.8 Å². The van der Waals surface area contributed by atoms with Crippen LogP contribution in [0.5, 0.6) is 0 Å². The second-order valence-electron chi connectivity index (χ2n) is 5.09. The van der Waals surface area contributed by atoms with E-state index < -0.39 is 5.97 Å². The SMILES string of the molecule is Cc1ccc(-n2c(SCC(=O)O)nnc2C2CC2)c(Cl)c1. The average Bonchev–Trinajstić information content (AvgIpc) is 3.18. The molecule has 1 saturated carbocycles. The molecule has 0 amide bonds. The first-order chi connectivity index (χ1) is 10.1. The van der Waals surface area contributed by atoms with Gasteiger partial charge in [0.2, 0.25) is 0 Å². The third-order valence-electron chi connectivity index (χ3n) is 3.27. The number of carboxylic acid groups (broad SMARTS) is 1. The van der Waals surface area contributed by atoms with Gasteiger partial charge in [0.25, 0.3) is 0 Å². The maximum absolute atomic E-state index is 10.8. The van der Waals surface area contributed by atoms with E-state index in [4.69, 9.17) is 16.7 Å². The molecule has 0 saturated heterocycles. The van der Waals surface area contributed by atoms with Gasteiger partial charge in [-0.15, -0.1) is 10.2 Å². The summed E-state index contributed by atoms with van der Waals surface area (Å²) in [7, 11) is 0. The van der Waals surface area contributed by atoms with Gasteiger partial charge in [-0.05, 0) is 37.5 Å². The van der Waals surface area contributed by atoms with Crippen LogP contribution in [-0.2, 0) is 4.79 Å². The van der Waals surface area contributed by atoms with E-state index in [2.05, 4.69) is 10.2 Å². The molecule has 1 aliphatic carbocycles. The lowest BCUT2D eigenvalue weighted by atomic mass is 10.2. The van der Waals surface area contributed by atoms with Crippen molar-refractivity contribution in [2.24, 2.45) is 0 Å². The van der Waals surface area contributed by atoms with Crippen molar-refractivity contribution < 1.29 is 9.90 Å². The van der Waals surface area contributed by atoms with E-state index in [1.807, 2.05) is 29.7 Å². The van der Waals surface area contributed by atoms with E-state index in [9.17, 15) is 4.79 Å². The molecule has 1 aromatic heterocycles. The molecule has 5 nitrogen and oxygen atoms in total. The Bertz CT molecular complexity index is 698. The standard InChI is InChI=1S/C14H14ClN3O2S/c1-8-2-5-11(10(15)6-8)18-13(9-3-4-9)16-17-14(18)21-7-12(19)20/h2,5-6,9H,3-4,7H2,1H3,(H,19,20). The summed E-state index contributed by atoms with van der Waals surface area (Å²) in [6.45, 7) is 1.98. The lowest BCUT2D eigenvalue weighted by Crippen LogP contribution is -2.05. The van der Waals surface area contributed by atoms with Gasteiger partial charge in [0.1, 0.15) is 5.82 Å². The minimum absolute atomic E-state index is 0.0493. The molecule has 0 bridgehead atoms. The monoisotopic (exact) mass is 323 g/mol. The summed E-state index contributed by atoms with van der Waals surface area (Å²) in [5.41, 5.74) is 1.88. The first-order valence-electron chi connectivity index (χ1n) is 6.62. The van der Waals surface area contributed by atoms with Gasteiger partial charge < -0.3 is 5.11 Å². The summed E-state index contributed by atoms with van der Waals surface area (Å²) in [5.74, 6) is 0.340. The zero-order valence-electron chi connectivity index (χ0n) is 11.4.